The quantitative estimate of drug-likeness (QED) is 0.709. The fraction of sp³-hybridized carbons (Fsp3) is 0.333. The summed E-state index contributed by atoms with van der Waals surface area (Å²) < 4.78 is 50.7. The minimum atomic E-state index is -4.94. The van der Waals surface area contributed by atoms with Crippen LogP contribution in [0.3, 0.4) is 0 Å². The molecular weight excluding hydrogens is 226 g/mol. The summed E-state index contributed by atoms with van der Waals surface area (Å²) in [6.07, 6.45) is -5.31. The summed E-state index contributed by atoms with van der Waals surface area (Å²) in [5.74, 6) is 0. The van der Waals surface area contributed by atoms with Gasteiger partial charge < -0.3 is 0 Å². The Morgan fingerprint density at radius 2 is 2.06 bits per heavy atom. The van der Waals surface area contributed by atoms with Gasteiger partial charge in [-0.3, -0.25) is 4.40 Å². The zero-order valence-corrected chi connectivity index (χ0v) is 8.16. The van der Waals surface area contributed by atoms with Crippen molar-refractivity contribution in [2.45, 2.75) is 19.3 Å². The van der Waals surface area contributed by atoms with E-state index in [0.717, 1.165) is 12.4 Å². The Kier molecular flexibility index (Phi) is 2.32. The van der Waals surface area contributed by atoms with Gasteiger partial charge in [0.25, 0.3) is 0 Å². The molecule has 2 aromatic rings. The Bertz CT molecular complexity index is 517. The number of aromatic nitrogens is 3. The van der Waals surface area contributed by atoms with Crippen LogP contribution in [0.25, 0.3) is 5.65 Å². The predicted octanol–water partition coefficient (Wildman–Crippen LogP) is 2.61. The summed E-state index contributed by atoms with van der Waals surface area (Å²) in [6, 6.07) is 0.991. The number of imidazole rings is 1. The molecular formula is C9H7F4N3. The lowest BCUT2D eigenvalue weighted by Crippen LogP contribution is -2.17. The van der Waals surface area contributed by atoms with Crippen LogP contribution in [0.4, 0.5) is 17.6 Å². The third-order valence-corrected chi connectivity index (χ3v) is 2.04. The van der Waals surface area contributed by atoms with Gasteiger partial charge in [0.05, 0.1) is 11.4 Å². The van der Waals surface area contributed by atoms with E-state index in [0.29, 0.717) is 5.69 Å². The van der Waals surface area contributed by atoms with Crippen molar-refractivity contribution in [1.82, 2.24) is 14.4 Å². The van der Waals surface area contributed by atoms with Gasteiger partial charge in [-0.15, -0.1) is 0 Å². The SMILES string of the molecule is Cc1cn2cnc(C(F)C(F)(F)F)cc2n1. The summed E-state index contributed by atoms with van der Waals surface area (Å²) in [7, 11) is 0. The molecule has 86 valence electrons. The van der Waals surface area contributed by atoms with Crippen LogP contribution < -0.4 is 0 Å². The molecule has 0 saturated heterocycles. The molecule has 2 rings (SSSR count). The second-order valence-corrected chi connectivity index (χ2v) is 3.37. The van der Waals surface area contributed by atoms with Crippen LogP contribution in [-0.4, -0.2) is 20.5 Å². The maximum absolute atomic E-state index is 13.0. The highest BCUT2D eigenvalue weighted by molar-refractivity contribution is 5.40. The fourth-order valence-corrected chi connectivity index (χ4v) is 1.34. The average molecular weight is 233 g/mol. The van der Waals surface area contributed by atoms with Crippen LogP contribution in [0, 0.1) is 6.92 Å². The molecule has 2 heterocycles. The molecule has 0 fully saturated rings. The minimum absolute atomic E-state index is 0.245. The molecule has 0 aromatic carbocycles. The summed E-state index contributed by atoms with van der Waals surface area (Å²) in [5.41, 5.74) is 0.196. The normalized spacial score (nSPS) is 14.3. The Morgan fingerprint density at radius 1 is 1.38 bits per heavy atom. The second kappa shape index (κ2) is 3.43. The van der Waals surface area contributed by atoms with Crippen molar-refractivity contribution in [1.29, 1.82) is 0 Å². The van der Waals surface area contributed by atoms with Crippen LogP contribution in [0.2, 0.25) is 0 Å². The van der Waals surface area contributed by atoms with Gasteiger partial charge in [-0.1, -0.05) is 0 Å². The molecule has 16 heavy (non-hydrogen) atoms. The van der Waals surface area contributed by atoms with Gasteiger partial charge >= 0.3 is 6.18 Å². The largest absolute Gasteiger partial charge is 0.425 e. The Hall–Kier alpha value is -1.66. The zero-order valence-electron chi connectivity index (χ0n) is 8.16. The highest BCUT2D eigenvalue weighted by atomic mass is 19.4. The Balaban J connectivity index is 2.46. The highest BCUT2D eigenvalue weighted by Crippen LogP contribution is 2.34. The van der Waals surface area contributed by atoms with Gasteiger partial charge in [0, 0.05) is 12.3 Å². The van der Waals surface area contributed by atoms with E-state index >= 15 is 0 Å². The molecule has 2 aromatic heterocycles. The van der Waals surface area contributed by atoms with E-state index in [2.05, 4.69) is 9.97 Å². The summed E-state index contributed by atoms with van der Waals surface area (Å²) in [4.78, 5) is 7.34. The first-order valence-electron chi connectivity index (χ1n) is 4.40. The van der Waals surface area contributed by atoms with Crippen LogP contribution >= 0.6 is 0 Å². The topological polar surface area (TPSA) is 30.2 Å². The van der Waals surface area contributed by atoms with E-state index < -0.39 is 18.0 Å². The minimum Gasteiger partial charge on any atom is -0.290 e. The van der Waals surface area contributed by atoms with Crippen molar-refractivity contribution in [3.8, 4) is 0 Å². The van der Waals surface area contributed by atoms with Gasteiger partial charge in [-0.2, -0.15) is 13.2 Å². The smallest absolute Gasteiger partial charge is 0.290 e. The van der Waals surface area contributed by atoms with Gasteiger partial charge in [-0.05, 0) is 6.92 Å². The lowest BCUT2D eigenvalue weighted by Gasteiger charge is -2.11. The molecule has 1 unspecified atom stereocenters. The molecule has 0 bridgehead atoms. The van der Waals surface area contributed by atoms with Crippen molar-refractivity contribution < 1.29 is 17.6 Å². The third-order valence-electron chi connectivity index (χ3n) is 2.04. The number of fused-ring (bicyclic) bond motifs is 1. The number of alkyl halides is 4. The molecule has 0 spiro atoms. The van der Waals surface area contributed by atoms with E-state index in [1.807, 2.05) is 0 Å². The lowest BCUT2D eigenvalue weighted by atomic mass is 10.2. The number of nitrogens with zero attached hydrogens (tertiary/aromatic N) is 3. The average Bonchev–Trinajstić information content (AvgIpc) is 2.54. The monoisotopic (exact) mass is 233 g/mol. The van der Waals surface area contributed by atoms with Crippen molar-refractivity contribution in [2.75, 3.05) is 0 Å². The first-order valence-corrected chi connectivity index (χ1v) is 4.40. The van der Waals surface area contributed by atoms with E-state index in [4.69, 9.17) is 0 Å². The first-order chi connectivity index (χ1) is 7.38. The number of rotatable bonds is 1. The highest BCUT2D eigenvalue weighted by Gasteiger charge is 2.42. The van der Waals surface area contributed by atoms with Crippen molar-refractivity contribution in [3.63, 3.8) is 0 Å². The molecule has 0 N–H and O–H groups in total. The Morgan fingerprint density at radius 3 is 2.69 bits per heavy atom. The van der Waals surface area contributed by atoms with E-state index in [1.54, 1.807) is 13.1 Å². The van der Waals surface area contributed by atoms with Gasteiger partial charge in [0.1, 0.15) is 12.0 Å². The van der Waals surface area contributed by atoms with Gasteiger partial charge in [-0.25, -0.2) is 14.4 Å². The molecule has 0 amide bonds. The zero-order chi connectivity index (χ0) is 11.9. The van der Waals surface area contributed by atoms with Crippen molar-refractivity contribution in [2.24, 2.45) is 0 Å². The van der Waals surface area contributed by atoms with E-state index in [-0.39, 0.29) is 5.65 Å². The maximum atomic E-state index is 13.0. The molecule has 0 aliphatic rings. The molecule has 0 saturated carbocycles. The van der Waals surface area contributed by atoms with E-state index in [9.17, 15) is 17.6 Å². The van der Waals surface area contributed by atoms with Crippen LogP contribution in [0.5, 0.6) is 0 Å². The summed E-state index contributed by atoms with van der Waals surface area (Å²) in [6.45, 7) is 1.68. The van der Waals surface area contributed by atoms with Crippen LogP contribution in [0.1, 0.15) is 17.6 Å². The van der Waals surface area contributed by atoms with Crippen LogP contribution in [0.15, 0.2) is 18.6 Å². The molecule has 0 radical (unpaired) electrons. The van der Waals surface area contributed by atoms with Crippen molar-refractivity contribution in [3.05, 3.63) is 30.0 Å². The summed E-state index contributed by atoms with van der Waals surface area (Å²) in [5, 5.41) is 0. The maximum Gasteiger partial charge on any atom is 0.425 e. The lowest BCUT2D eigenvalue weighted by molar-refractivity contribution is -0.183. The first kappa shape index (κ1) is 10.8. The number of halogens is 4. The number of hydrogen-bond donors (Lipinski definition) is 0. The number of aryl methyl sites for hydroxylation is 1. The third kappa shape index (κ3) is 1.84. The fourth-order valence-electron chi connectivity index (χ4n) is 1.34. The van der Waals surface area contributed by atoms with Crippen molar-refractivity contribution >= 4 is 5.65 Å². The molecule has 1 atom stereocenters. The molecule has 7 heteroatoms. The second-order valence-electron chi connectivity index (χ2n) is 3.37. The molecule has 3 nitrogen and oxygen atoms in total. The number of hydrogen-bond acceptors (Lipinski definition) is 2. The molecule has 0 aliphatic heterocycles. The van der Waals surface area contributed by atoms with Crippen LogP contribution in [-0.2, 0) is 0 Å². The molecule has 0 aliphatic carbocycles. The summed E-state index contributed by atoms with van der Waals surface area (Å²) >= 11 is 0. The Labute approximate surface area is 87.7 Å². The van der Waals surface area contributed by atoms with Gasteiger partial charge in [0.2, 0.25) is 6.17 Å². The standard InChI is InChI=1S/C9H7F4N3/c1-5-3-16-4-14-6(2-7(16)15-5)8(10)9(11,12)13/h2-4,8H,1H3. The van der Waals surface area contributed by atoms with E-state index in [1.165, 1.54) is 4.40 Å². The predicted molar refractivity (Wildman–Crippen MR) is 47.6 cm³/mol. The van der Waals surface area contributed by atoms with Gasteiger partial charge in [0.15, 0.2) is 0 Å².